The van der Waals surface area contributed by atoms with Gasteiger partial charge in [0, 0.05) is 6.54 Å². The molecule has 2 rings (SSSR count). The zero-order valence-corrected chi connectivity index (χ0v) is 9.24. The molecule has 0 radical (unpaired) electrons. The molecule has 2 N–H and O–H groups in total. The molecule has 2 heteroatoms. The van der Waals surface area contributed by atoms with Crippen LogP contribution in [0.3, 0.4) is 0 Å². The lowest BCUT2D eigenvalue weighted by Gasteiger charge is -2.26. The van der Waals surface area contributed by atoms with Crippen molar-refractivity contribution >= 4 is 0 Å². The van der Waals surface area contributed by atoms with Crippen LogP contribution >= 0.6 is 0 Å². The standard InChI is InChI=1S/C13H19NO/c1-14-9-13(15)12-7-5-11(6-8-12)10-3-2-4-10/h5-8,10,13-15H,2-4,9H2,1H3. The lowest BCUT2D eigenvalue weighted by atomic mass is 9.80. The zero-order valence-electron chi connectivity index (χ0n) is 9.24. The number of rotatable bonds is 4. The fraction of sp³-hybridized carbons (Fsp3) is 0.538. The molecular weight excluding hydrogens is 186 g/mol. The predicted molar refractivity (Wildman–Crippen MR) is 61.9 cm³/mol. The molecular formula is C13H19NO. The summed E-state index contributed by atoms with van der Waals surface area (Å²) in [5.74, 6) is 0.778. The highest BCUT2D eigenvalue weighted by atomic mass is 16.3. The minimum Gasteiger partial charge on any atom is -0.387 e. The molecule has 0 saturated heterocycles. The summed E-state index contributed by atoms with van der Waals surface area (Å²) in [4.78, 5) is 0. The molecule has 15 heavy (non-hydrogen) atoms. The van der Waals surface area contributed by atoms with E-state index in [0.717, 1.165) is 11.5 Å². The van der Waals surface area contributed by atoms with Crippen molar-refractivity contribution in [3.05, 3.63) is 35.4 Å². The molecule has 0 aromatic heterocycles. The molecule has 2 nitrogen and oxygen atoms in total. The topological polar surface area (TPSA) is 32.3 Å². The van der Waals surface area contributed by atoms with E-state index < -0.39 is 0 Å². The number of likely N-dealkylation sites (N-methyl/N-ethyl adjacent to an activating group) is 1. The van der Waals surface area contributed by atoms with Gasteiger partial charge < -0.3 is 10.4 Å². The van der Waals surface area contributed by atoms with Crippen molar-refractivity contribution in [1.82, 2.24) is 5.32 Å². The molecule has 1 aliphatic carbocycles. The SMILES string of the molecule is CNCC(O)c1ccc(C2CCC2)cc1. The van der Waals surface area contributed by atoms with Crippen LogP contribution < -0.4 is 5.32 Å². The highest BCUT2D eigenvalue weighted by Crippen LogP contribution is 2.36. The highest BCUT2D eigenvalue weighted by molar-refractivity contribution is 5.27. The number of aliphatic hydroxyl groups excluding tert-OH is 1. The van der Waals surface area contributed by atoms with Crippen LogP contribution in [0.4, 0.5) is 0 Å². The van der Waals surface area contributed by atoms with Gasteiger partial charge in [-0.3, -0.25) is 0 Å². The van der Waals surface area contributed by atoms with E-state index in [-0.39, 0.29) is 6.10 Å². The summed E-state index contributed by atoms with van der Waals surface area (Å²) >= 11 is 0. The van der Waals surface area contributed by atoms with Gasteiger partial charge in [0.15, 0.2) is 0 Å². The molecule has 0 bridgehead atoms. The number of aliphatic hydroxyl groups is 1. The van der Waals surface area contributed by atoms with Gasteiger partial charge in [0.2, 0.25) is 0 Å². The minimum absolute atomic E-state index is 0.384. The Balaban J connectivity index is 2.02. The van der Waals surface area contributed by atoms with Crippen LogP contribution in [0.25, 0.3) is 0 Å². The van der Waals surface area contributed by atoms with Gasteiger partial charge in [-0.1, -0.05) is 30.7 Å². The van der Waals surface area contributed by atoms with Gasteiger partial charge in [-0.25, -0.2) is 0 Å². The third-order valence-corrected chi connectivity index (χ3v) is 3.30. The van der Waals surface area contributed by atoms with Gasteiger partial charge >= 0.3 is 0 Å². The predicted octanol–water partition coefficient (Wildman–Crippen LogP) is 2.21. The molecule has 0 amide bonds. The second-order valence-electron chi connectivity index (χ2n) is 4.37. The Labute approximate surface area is 91.3 Å². The third-order valence-electron chi connectivity index (χ3n) is 3.30. The molecule has 0 spiro atoms. The normalized spacial score (nSPS) is 18.5. The molecule has 0 aliphatic heterocycles. The third kappa shape index (κ3) is 2.39. The number of benzene rings is 1. The lowest BCUT2D eigenvalue weighted by molar-refractivity contribution is 0.177. The maximum absolute atomic E-state index is 9.76. The van der Waals surface area contributed by atoms with Crippen molar-refractivity contribution < 1.29 is 5.11 Å². The monoisotopic (exact) mass is 205 g/mol. The van der Waals surface area contributed by atoms with E-state index in [9.17, 15) is 5.11 Å². The summed E-state index contributed by atoms with van der Waals surface area (Å²) in [5, 5.41) is 12.7. The first-order valence-corrected chi connectivity index (χ1v) is 5.74. The van der Waals surface area contributed by atoms with E-state index in [1.165, 1.54) is 24.8 Å². The van der Waals surface area contributed by atoms with E-state index in [2.05, 4.69) is 29.6 Å². The van der Waals surface area contributed by atoms with Crippen molar-refractivity contribution in [1.29, 1.82) is 0 Å². The van der Waals surface area contributed by atoms with Crippen molar-refractivity contribution in [3.8, 4) is 0 Å². The van der Waals surface area contributed by atoms with Crippen LogP contribution in [-0.2, 0) is 0 Å². The molecule has 1 aromatic rings. The average Bonchev–Trinajstić information content (AvgIpc) is 2.16. The minimum atomic E-state index is -0.384. The Morgan fingerprint density at radius 2 is 2.00 bits per heavy atom. The van der Waals surface area contributed by atoms with Crippen molar-refractivity contribution in [2.24, 2.45) is 0 Å². The van der Waals surface area contributed by atoms with Crippen molar-refractivity contribution in [2.45, 2.75) is 31.3 Å². The van der Waals surface area contributed by atoms with Crippen LogP contribution in [-0.4, -0.2) is 18.7 Å². The van der Waals surface area contributed by atoms with E-state index >= 15 is 0 Å². The van der Waals surface area contributed by atoms with E-state index in [4.69, 9.17) is 0 Å². The first-order chi connectivity index (χ1) is 7.31. The number of hydrogen-bond acceptors (Lipinski definition) is 2. The summed E-state index contributed by atoms with van der Waals surface area (Å²) in [7, 11) is 1.85. The summed E-state index contributed by atoms with van der Waals surface area (Å²) in [6, 6.07) is 8.43. The second-order valence-corrected chi connectivity index (χ2v) is 4.37. The first kappa shape index (κ1) is 10.7. The molecule has 1 atom stereocenters. The van der Waals surface area contributed by atoms with Gasteiger partial charge in [-0.2, -0.15) is 0 Å². The van der Waals surface area contributed by atoms with Gasteiger partial charge in [-0.15, -0.1) is 0 Å². The zero-order chi connectivity index (χ0) is 10.7. The Morgan fingerprint density at radius 1 is 1.33 bits per heavy atom. The van der Waals surface area contributed by atoms with E-state index in [0.29, 0.717) is 6.54 Å². The molecule has 1 aliphatic rings. The fourth-order valence-electron chi connectivity index (χ4n) is 2.04. The molecule has 1 fully saturated rings. The van der Waals surface area contributed by atoms with Gasteiger partial charge in [-0.05, 0) is 36.9 Å². The quantitative estimate of drug-likeness (QED) is 0.790. The maximum atomic E-state index is 9.76. The van der Waals surface area contributed by atoms with Gasteiger partial charge in [0.1, 0.15) is 0 Å². The van der Waals surface area contributed by atoms with Crippen molar-refractivity contribution in [2.75, 3.05) is 13.6 Å². The smallest absolute Gasteiger partial charge is 0.0914 e. The van der Waals surface area contributed by atoms with E-state index in [1.54, 1.807) is 0 Å². The van der Waals surface area contributed by atoms with Crippen LogP contribution in [0.2, 0.25) is 0 Å². The van der Waals surface area contributed by atoms with Crippen LogP contribution in [0, 0.1) is 0 Å². The number of nitrogens with one attached hydrogen (secondary N) is 1. The summed E-state index contributed by atoms with van der Waals surface area (Å²) in [6.45, 7) is 0.614. The van der Waals surface area contributed by atoms with Crippen molar-refractivity contribution in [3.63, 3.8) is 0 Å². The van der Waals surface area contributed by atoms with E-state index in [1.807, 2.05) is 7.05 Å². The highest BCUT2D eigenvalue weighted by Gasteiger charge is 2.19. The average molecular weight is 205 g/mol. The molecule has 1 saturated carbocycles. The van der Waals surface area contributed by atoms with Crippen LogP contribution in [0.5, 0.6) is 0 Å². The Hall–Kier alpha value is -0.860. The van der Waals surface area contributed by atoms with Crippen LogP contribution in [0.15, 0.2) is 24.3 Å². The fourth-order valence-corrected chi connectivity index (χ4v) is 2.04. The summed E-state index contributed by atoms with van der Waals surface area (Å²) in [5.41, 5.74) is 2.44. The second kappa shape index (κ2) is 4.77. The Morgan fingerprint density at radius 3 is 2.47 bits per heavy atom. The molecule has 82 valence electrons. The largest absolute Gasteiger partial charge is 0.387 e. The maximum Gasteiger partial charge on any atom is 0.0914 e. The Kier molecular flexibility index (Phi) is 3.39. The number of hydrogen-bond donors (Lipinski definition) is 2. The summed E-state index contributed by atoms with van der Waals surface area (Å²) < 4.78 is 0. The lowest BCUT2D eigenvalue weighted by Crippen LogP contribution is -2.16. The van der Waals surface area contributed by atoms with Gasteiger partial charge in [0.05, 0.1) is 6.10 Å². The molecule has 0 heterocycles. The molecule has 1 unspecified atom stereocenters. The van der Waals surface area contributed by atoms with Gasteiger partial charge in [0.25, 0.3) is 0 Å². The Bertz CT molecular complexity index is 303. The first-order valence-electron chi connectivity index (χ1n) is 5.74. The van der Waals surface area contributed by atoms with Crippen LogP contribution in [0.1, 0.15) is 42.4 Å². The summed E-state index contributed by atoms with van der Waals surface area (Å²) in [6.07, 6.45) is 3.65. The molecule has 1 aromatic carbocycles.